The van der Waals surface area contributed by atoms with Crippen molar-refractivity contribution in [2.45, 2.75) is 10.5 Å². The number of benzene rings is 1. The van der Waals surface area contributed by atoms with E-state index in [2.05, 4.69) is 41.4 Å². The highest BCUT2D eigenvalue weighted by Gasteiger charge is 2.37. The third kappa shape index (κ3) is 2.17. The van der Waals surface area contributed by atoms with Crippen molar-refractivity contribution in [3.63, 3.8) is 0 Å². The van der Waals surface area contributed by atoms with Crippen molar-refractivity contribution >= 4 is 23.5 Å². The summed E-state index contributed by atoms with van der Waals surface area (Å²) in [6.45, 7) is 0. The molecule has 3 rings (SSSR count). The minimum Gasteiger partial charge on any atom is -0.264 e. The van der Waals surface area contributed by atoms with Gasteiger partial charge in [0.05, 0.1) is 0 Å². The molecule has 0 atom stereocenters. The fourth-order valence-corrected chi connectivity index (χ4v) is 5.60. The van der Waals surface area contributed by atoms with Crippen LogP contribution in [0.25, 0.3) is 0 Å². The summed E-state index contributed by atoms with van der Waals surface area (Å²) >= 11 is 4.08. The number of aromatic nitrogens is 1. The topological polar surface area (TPSA) is 12.9 Å². The molecule has 0 bridgehead atoms. The second-order valence-corrected chi connectivity index (χ2v) is 7.15. The van der Waals surface area contributed by atoms with Gasteiger partial charge in [-0.1, -0.05) is 36.4 Å². The minimum atomic E-state index is 0.0355. The number of thioether (sulfide) groups is 2. The SMILES string of the molecule is c1ccc(C2(c3cccnc3)SCCCS2)cc1. The molecule has 92 valence electrons. The van der Waals surface area contributed by atoms with Gasteiger partial charge in [-0.05, 0) is 29.6 Å². The fraction of sp³-hybridized carbons (Fsp3) is 0.267. The van der Waals surface area contributed by atoms with E-state index >= 15 is 0 Å². The van der Waals surface area contributed by atoms with E-state index < -0.39 is 0 Å². The number of rotatable bonds is 2. The first-order chi connectivity index (χ1) is 8.92. The predicted molar refractivity (Wildman–Crippen MR) is 81.0 cm³/mol. The maximum atomic E-state index is 4.30. The van der Waals surface area contributed by atoms with E-state index in [9.17, 15) is 0 Å². The predicted octanol–water partition coefficient (Wildman–Crippen LogP) is 4.15. The highest BCUT2D eigenvalue weighted by molar-refractivity contribution is 8.18. The minimum absolute atomic E-state index is 0.0355. The van der Waals surface area contributed by atoms with Gasteiger partial charge in [-0.2, -0.15) is 0 Å². The Balaban J connectivity index is 2.10. The lowest BCUT2D eigenvalue weighted by molar-refractivity contribution is 0.993. The first-order valence-electron chi connectivity index (χ1n) is 6.16. The van der Waals surface area contributed by atoms with Gasteiger partial charge >= 0.3 is 0 Å². The zero-order valence-corrected chi connectivity index (χ0v) is 11.7. The van der Waals surface area contributed by atoms with Crippen LogP contribution in [0.15, 0.2) is 54.9 Å². The van der Waals surface area contributed by atoms with E-state index in [1.165, 1.54) is 29.1 Å². The molecule has 1 aliphatic rings. The summed E-state index contributed by atoms with van der Waals surface area (Å²) in [7, 11) is 0. The number of pyridine rings is 1. The van der Waals surface area contributed by atoms with E-state index in [0.29, 0.717) is 0 Å². The summed E-state index contributed by atoms with van der Waals surface area (Å²) in [5.74, 6) is 2.44. The summed E-state index contributed by atoms with van der Waals surface area (Å²) in [4.78, 5) is 4.30. The van der Waals surface area contributed by atoms with Gasteiger partial charge in [0.2, 0.25) is 0 Å². The van der Waals surface area contributed by atoms with Crippen LogP contribution in [-0.4, -0.2) is 16.5 Å². The van der Waals surface area contributed by atoms with Gasteiger partial charge in [-0.3, -0.25) is 4.98 Å². The normalized spacial score (nSPS) is 18.4. The van der Waals surface area contributed by atoms with Crippen molar-refractivity contribution < 1.29 is 0 Å². The molecule has 1 aromatic carbocycles. The van der Waals surface area contributed by atoms with Crippen LogP contribution in [0.5, 0.6) is 0 Å². The quantitative estimate of drug-likeness (QED) is 0.815. The smallest absolute Gasteiger partial charge is 0.113 e. The molecule has 0 unspecified atom stereocenters. The average Bonchev–Trinajstić information content (AvgIpc) is 2.50. The molecular weight excluding hydrogens is 258 g/mol. The van der Waals surface area contributed by atoms with Crippen molar-refractivity contribution in [1.82, 2.24) is 4.98 Å². The molecule has 1 nitrogen and oxygen atoms in total. The molecule has 18 heavy (non-hydrogen) atoms. The van der Waals surface area contributed by atoms with Crippen LogP contribution >= 0.6 is 23.5 Å². The van der Waals surface area contributed by atoms with Gasteiger partial charge in [-0.25, -0.2) is 0 Å². The molecule has 0 N–H and O–H groups in total. The summed E-state index contributed by atoms with van der Waals surface area (Å²) in [6, 6.07) is 15.0. The number of hydrogen-bond donors (Lipinski definition) is 0. The Morgan fingerprint density at radius 2 is 1.61 bits per heavy atom. The molecule has 2 heterocycles. The molecule has 1 aliphatic heterocycles. The molecule has 1 aromatic heterocycles. The molecule has 0 radical (unpaired) electrons. The molecule has 0 aliphatic carbocycles. The fourth-order valence-electron chi connectivity index (χ4n) is 2.25. The van der Waals surface area contributed by atoms with E-state index in [-0.39, 0.29) is 4.08 Å². The van der Waals surface area contributed by atoms with E-state index in [1.54, 1.807) is 0 Å². The van der Waals surface area contributed by atoms with Crippen molar-refractivity contribution in [3.8, 4) is 0 Å². The molecule has 0 saturated carbocycles. The van der Waals surface area contributed by atoms with Gasteiger partial charge in [0.25, 0.3) is 0 Å². The van der Waals surface area contributed by atoms with Crippen LogP contribution in [0.2, 0.25) is 0 Å². The molecule has 1 saturated heterocycles. The monoisotopic (exact) mass is 273 g/mol. The van der Waals surface area contributed by atoms with Gasteiger partial charge in [0, 0.05) is 18.0 Å². The van der Waals surface area contributed by atoms with Crippen LogP contribution in [0, 0.1) is 0 Å². The van der Waals surface area contributed by atoms with Crippen LogP contribution in [0.4, 0.5) is 0 Å². The molecule has 2 aromatic rings. The summed E-state index contributed by atoms with van der Waals surface area (Å²) in [5.41, 5.74) is 2.69. The maximum Gasteiger partial charge on any atom is 0.113 e. The summed E-state index contributed by atoms with van der Waals surface area (Å²) < 4.78 is 0.0355. The van der Waals surface area contributed by atoms with E-state index in [0.717, 1.165) is 0 Å². The molecule has 1 fully saturated rings. The van der Waals surface area contributed by atoms with Crippen LogP contribution < -0.4 is 0 Å². The summed E-state index contributed by atoms with van der Waals surface area (Å²) in [6.07, 6.45) is 5.16. The lowest BCUT2D eigenvalue weighted by Gasteiger charge is -2.36. The largest absolute Gasteiger partial charge is 0.264 e. The zero-order chi connectivity index (χ0) is 12.3. The highest BCUT2D eigenvalue weighted by Crippen LogP contribution is 2.54. The molecule has 0 amide bonds. The van der Waals surface area contributed by atoms with Gasteiger partial charge in [0.1, 0.15) is 4.08 Å². The lowest BCUT2D eigenvalue weighted by atomic mass is 10.1. The Bertz CT molecular complexity index is 451. The first-order valence-corrected chi connectivity index (χ1v) is 8.13. The molecule has 0 spiro atoms. The second kappa shape index (κ2) is 5.37. The standard InChI is InChI=1S/C15H15NS2/c1-2-6-13(7-3-1)15(17-10-5-11-18-15)14-8-4-9-16-12-14/h1-4,6-9,12H,5,10-11H2. The Labute approximate surface area is 116 Å². The van der Waals surface area contributed by atoms with Crippen molar-refractivity contribution in [1.29, 1.82) is 0 Å². The van der Waals surface area contributed by atoms with Crippen LogP contribution in [0.1, 0.15) is 17.5 Å². The number of hydrogen-bond acceptors (Lipinski definition) is 3. The highest BCUT2D eigenvalue weighted by atomic mass is 32.2. The Morgan fingerprint density at radius 3 is 2.28 bits per heavy atom. The van der Waals surface area contributed by atoms with E-state index in [1.807, 2.05) is 42.0 Å². The maximum absolute atomic E-state index is 4.30. The van der Waals surface area contributed by atoms with Gasteiger partial charge in [0.15, 0.2) is 0 Å². The summed E-state index contributed by atoms with van der Waals surface area (Å²) in [5, 5.41) is 0. The molecular formula is C15H15NS2. The van der Waals surface area contributed by atoms with Crippen molar-refractivity contribution in [2.75, 3.05) is 11.5 Å². The lowest BCUT2D eigenvalue weighted by Crippen LogP contribution is -2.24. The van der Waals surface area contributed by atoms with Crippen molar-refractivity contribution in [3.05, 3.63) is 66.0 Å². The zero-order valence-electron chi connectivity index (χ0n) is 10.1. The Kier molecular flexibility index (Phi) is 3.62. The second-order valence-electron chi connectivity index (χ2n) is 4.27. The van der Waals surface area contributed by atoms with Crippen LogP contribution in [-0.2, 0) is 4.08 Å². The third-order valence-corrected chi connectivity index (χ3v) is 6.54. The van der Waals surface area contributed by atoms with Crippen LogP contribution in [0.3, 0.4) is 0 Å². The number of nitrogens with zero attached hydrogens (tertiary/aromatic N) is 1. The van der Waals surface area contributed by atoms with E-state index in [4.69, 9.17) is 0 Å². The van der Waals surface area contributed by atoms with Gasteiger partial charge < -0.3 is 0 Å². The van der Waals surface area contributed by atoms with Gasteiger partial charge in [-0.15, -0.1) is 23.5 Å². The third-order valence-electron chi connectivity index (χ3n) is 3.09. The Hall–Kier alpha value is -0.930. The Morgan fingerprint density at radius 1 is 0.889 bits per heavy atom. The van der Waals surface area contributed by atoms with Crippen molar-refractivity contribution in [2.24, 2.45) is 0 Å². The molecule has 3 heteroatoms. The first kappa shape index (κ1) is 12.1. The average molecular weight is 273 g/mol.